The number of hydrogen-bond donors (Lipinski definition) is 1. The zero-order chi connectivity index (χ0) is 15.8. The van der Waals surface area contributed by atoms with Gasteiger partial charge in [-0.15, -0.1) is 0 Å². The molecule has 1 aliphatic carbocycles. The Balaban J connectivity index is 1.97. The third kappa shape index (κ3) is 3.34. The van der Waals surface area contributed by atoms with Gasteiger partial charge in [0.15, 0.2) is 0 Å². The molecule has 2 rings (SSSR count). The second-order valence-corrected chi connectivity index (χ2v) is 6.87. The molecular weight excluding hydrogens is 265 g/mol. The summed E-state index contributed by atoms with van der Waals surface area (Å²) < 4.78 is 13.2. The van der Waals surface area contributed by atoms with E-state index in [-0.39, 0.29) is 23.1 Å². The Kier molecular flexibility index (Phi) is 4.22. The van der Waals surface area contributed by atoms with Crippen molar-refractivity contribution in [3.8, 4) is 0 Å². The standard InChI is InChI=1S/C18H24FNO/c1-11(2)8-14-16(18(14,4)5)17(21)20-10-13-6-7-15(19)12(3)9-13/h6-9,14,16H,10H2,1-5H3,(H,20,21). The average molecular weight is 289 g/mol. The van der Waals surface area contributed by atoms with Crippen LogP contribution in [0.3, 0.4) is 0 Å². The van der Waals surface area contributed by atoms with Crippen molar-refractivity contribution in [1.82, 2.24) is 5.32 Å². The van der Waals surface area contributed by atoms with Crippen molar-refractivity contribution in [3.05, 3.63) is 46.8 Å². The van der Waals surface area contributed by atoms with Crippen molar-refractivity contribution in [2.45, 2.75) is 41.2 Å². The maximum atomic E-state index is 13.2. The van der Waals surface area contributed by atoms with Gasteiger partial charge in [0.25, 0.3) is 0 Å². The Morgan fingerprint density at radius 2 is 2.05 bits per heavy atom. The van der Waals surface area contributed by atoms with Crippen molar-refractivity contribution >= 4 is 5.91 Å². The first-order valence-electron chi connectivity index (χ1n) is 7.41. The van der Waals surface area contributed by atoms with Gasteiger partial charge >= 0.3 is 0 Å². The minimum Gasteiger partial charge on any atom is -0.352 e. The van der Waals surface area contributed by atoms with E-state index in [1.165, 1.54) is 11.6 Å². The zero-order valence-electron chi connectivity index (χ0n) is 13.5. The number of amides is 1. The van der Waals surface area contributed by atoms with Gasteiger partial charge in [-0.25, -0.2) is 4.39 Å². The zero-order valence-corrected chi connectivity index (χ0v) is 13.5. The number of carbonyl (C=O) groups excluding carboxylic acids is 1. The van der Waals surface area contributed by atoms with E-state index in [1.54, 1.807) is 19.1 Å². The summed E-state index contributed by atoms with van der Waals surface area (Å²) in [6.45, 7) is 10.6. The Labute approximate surface area is 126 Å². The molecule has 1 aliphatic rings. The number of nitrogens with one attached hydrogen (secondary N) is 1. The van der Waals surface area contributed by atoms with Gasteiger partial charge in [-0.2, -0.15) is 0 Å². The number of benzene rings is 1. The first-order chi connectivity index (χ1) is 9.73. The van der Waals surface area contributed by atoms with Crippen molar-refractivity contribution in [3.63, 3.8) is 0 Å². The highest BCUT2D eigenvalue weighted by molar-refractivity contribution is 5.83. The molecule has 1 amide bonds. The van der Waals surface area contributed by atoms with Crippen molar-refractivity contribution in [2.75, 3.05) is 0 Å². The highest BCUT2D eigenvalue weighted by atomic mass is 19.1. The molecule has 2 unspecified atom stereocenters. The van der Waals surface area contributed by atoms with Crippen LogP contribution in [0.2, 0.25) is 0 Å². The lowest BCUT2D eigenvalue weighted by atomic mass is 10.1. The van der Waals surface area contributed by atoms with E-state index in [0.29, 0.717) is 18.0 Å². The smallest absolute Gasteiger partial charge is 0.224 e. The molecule has 0 spiro atoms. The van der Waals surface area contributed by atoms with Crippen molar-refractivity contribution in [1.29, 1.82) is 0 Å². The van der Waals surface area contributed by atoms with Crippen LogP contribution in [0, 0.1) is 30.0 Å². The fourth-order valence-corrected chi connectivity index (χ4v) is 2.96. The first-order valence-corrected chi connectivity index (χ1v) is 7.41. The van der Waals surface area contributed by atoms with Gasteiger partial charge in [-0.3, -0.25) is 4.79 Å². The summed E-state index contributed by atoms with van der Waals surface area (Å²) in [6, 6.07) is 4.94. The minimum atomic E-state index is -0.211. The van der Waals surface area contributed by atoms with Gasteiger partial charge in [0.2, 0.25) is 5.91 Å². The summed E-state index contributed by atoms with van der Waals surface area (Å²) in [5, 5.41) is 2.98. The van der Waals surface area contributed by atoms with Crippen LogP contribution in [-0.2, 0) is 11.3 Å². The normalized spacial score (nSPS) is 22.6. The predicted molar refractivity (Wildman–Crippen MR) is 83.2 cm³/mol. The maximum absolute atomic E-state index is 13.2. The summed E-state index contributed by atoms with van der Waals surface area (Å²) in [4.78, 5) is 12.3. The molecule has 0 bridgehead atoms. The van der Waals surface area contributed by atoms with E-state index in [1.807, 2.05) is 0 Å². The SMILES string of the molecule is CC(C)=CC1C(C(=O)NCc2ccc(F)c(C)c2)C1(C)C. The fraction of sp³-hybridized carbons (Fsp3) is 0.500. The second kappa shape index (κ2) is 5.63. The molecular formula is C18H24FNO. The summed E-state index contributed by atoms with van der Waals surface area (Å²) in [7, 11) is 0. The van der Waals surface area contributed by atoms with Crippen LogP contribution in [0.25, 0.3) is 0 Å². The predicted octanol–water partition coefficient (Wildman–Crippen LogP) is 3.99. The molecule has 1 aromatic carbocycles. The molecule has 1 aromatic rings. The van der Waals surface area contributed by atoms with Crippen LogP contribution in [0.4, 0.5) is 4.39 Å². The van der Waals surface area contributed by atoms with Crippen LogP contribution in [-0.4, -0.2) is 5.91 Å². The monoisotopic (exact) mass is 289 g/mol. The molecule has 1 fully saturated rings. The molecule has 1 saturated carbocycles. The molecule has 0 heterocycles. The van der Waals surface area contributed by atoms with E-state index >= 15 is 0 Å². The highest BCUT2D eigenvalue weighted by Gasteiger charge is 2.60. The van der Waals surface area contributed by atoms with Gasteiger partial charge in [-0.05, 0) is 49.3 Å². The lowest BCUT2D eigenvalue weighted by Gasteiger charge is -2.07. The second-order valence-electron chi connectivity index (χ2n) is 6.87. The molecule has 21 heavy (non-hydrogen) atoms. The quantitative estimate of drug-likeness (QED) is 0.834. The number of carbonyl (C=O) groups is 1. The average Bonchev–Trinajstić information content (AvgIpc) is 2.91. The van der Waals surface area contributed by atoms with Crippen LogP contribution in [0.5, 0.6) is 0 Å². The van der Waals surface area contributed by atoms with Crippen LogP contribution < -0.4 is 5.32 Å². The molecule has 0 aliphatic heterocycles. The van der Waals surface area contributed by atoms with Crippen molar-refractivity contribution < 1.29 is 9.18 Å². The molecule has 0 saturated heterocycles. The summed E-state index contributed by atoms with van der Waals surface area (Å²) in [6.07, 6.45) is 2.19. The lowest BCUT2D eigenvalue weighted by Crippen LogP contribution is -2.26. The van der Waals surface area contributed by atoms with Gasteiger partial charge in [0.1, 0.15) is 5.82 Å². The van der Waals surface area contributed by atoms with E-state index < -0.39 is 0 Å². The molecule has 1 N–H and O–H groups in total. The van der Waals surface area contributed by atoms with Gasteiger partial charge in [0.05, 0.1) is 5.92 Å². The van der Waals surface area contributed by atoms with Crippen LogP contribution >= 0.6 is 0 Å². The van der Waals surface area contributed by atoms with Gasteiger partial charge < -0.3 is 5.32 Å². The number of allylic oxidation sites excluding steroid dienone is 2. The Hall–Kier alpha value is -1.64. The molecule has 114 valence electrons. The molecule has 0 radical (unpaired) electrons. The van der Waals surface area contributed by atoms with E-state index in [4.69, 9.17) is 0 Å². The number of aryl methyl sites for hydroxylation is 1. The van der Waals surface area contributed by atoms with E-state index in [9.17, 15) is 9.18 Å². The Morgan fingerprint density at radius 3 is 2.62 bits per heavy atom. The van der Waals surface area contributed by atoms with Gasteiger partial charge in [0, 0.05) is 6.54 Å². The van der Waals surface area contributed by atoms with Crippen molar-refractivity contribution in [2.24, 2.45) is 17.3 Å². The third-order valence-corrected chi connectivity index (χ3v) is 4.40. The third-order valence-electron chi connectivity index (χ3n) is 4.40. The Bertz CT molecular complexity index is 585. The summed E-state index contributed by atoms with van der Waals surface area (Å²) in [5.74, 6) is 0.230. The van der Waals surface area contributed by atoms with Crippen LogP contribution in [0.1, 0.15) is 38.8 Å². The lowest BCUT2D eigenvalue weighted by molar-refractivity contribution is -0.123. The highest BCUT2D eigenvalue weighted by Crippen LogP contribution is 2.59. The first kappa shape index (κ1) is 15.7. The Morgan fingerprint density at radius 1 is 1.38 bits per heavy atom. The maximum Gasteiger partial charge on any atom is 0.224 e. The fourth-order valence-electron chi connectivity index (χ4n) is 2.96. The van der Waals surface area contributed by atoms with Gasteiger partial charge in [-0.1, -0.05) is 37.6 Å². The number of hydrogen-bond acceptors (Lipinski definition) is 1. The molecule has 3 heteroatoms. The molecule has 2 nitrogen and oxygen atoms in total. The summed E-state index contributed by atoms with van der Waals surface area (Å²) >= 11 is 0. The molecule has 2 atom stereocenters. The number of halogens is 1. The molecule has 0 aromatic heterocycles. The number of rotatable bonds is 4. The minimum absolute atomic E-state index is 0.0278. The largest absolute Gasteiger partial charge is 0.352 e. The summed E-state index contributed by atoms with van der Waals surface area (Å²) in [5.41, 5.74) is 2.81. The van der Waals surface area contributed by atoms with E-state index in [0.717, 1.165) is 5.56 Å². The van der Waals surface area contributed by atoms with Crippen LogP contribution in [0.15, 0.2) is 29.8 Å². The van der Waals surface area contributed by atoms with E-state index in [2.05, 4.69) is 39.1 Å². The topological polar surface area (TPSA) is 29.1 Å².